The van der Waals surface area contributed by atoms with Crippen molar-refractivity contribution in [2.45, 2.75) is 19.9 Å². The van der Waals surface area contributed by atoms with Gasteiger partial charge in [0.15, 0.2) is 0 Å². The number of benzene rings is 1. The van der Waals surface area contributed by atoms with Crippen LogP contribution in [0.4, 0.5) is 0 Å². The molecule has 72 valence electrons. The van der Waals surface area contributed by atoms with Crippen LogP contribution in [0.1, 0.15) is 25.5 Å². The first-order chi connectivity index (χ1) is 6.02. The van der Waals surface area contributed by atoms with Gasteiger partial charge in [0.25, 0.3) is 0 Å². The van der Waals surface area contributed by atoms with Crippen molar-refractivity contribution in [1.29, 1.82) is 0 Å². The minimum Gasteiger partial charge on any atom is -0.507 e. The third kappa shape index (κ3) is 2.45. The van der Waals surface area contributed by atoms with Crippen molar-refractivity contribution in [3.63, 3.8) is 0 Å². The van der Waals surface area contributed by atoms with E-state index in [1.165, 1.54) is 0 Å². The zero-order valence-electron chi connectivity index (χ0n) is 7.79. The topological polar surface area (TPSA) is 46.2 Å². The van der Waals surface area contributed by atoms with Crippen LogP contribution in [-0.4, -0.2) is 5.11 Å². The minimum absolute atomic E-state index is 0.0249. The summed E-state index contributed by atoms with van der Waals surface area (Å²) in [6, 6.07) is 5.39. The third-order valence-corrected chi connectivity index (χ3v) is 2.71. The molecule has 1 atom stereocenters. The molecule has 3 N–H and O–H groups in total. The van der Waals surface area contributed by atoms with Gasteiger partial charge in [-0.15, -0.1) is 0 Å². The molecule has 0 saturated carbocycles. The van der Waals surface area contributed by atoms with Crippen LogP contribution in [0.5, 0.6) is 5.75 Å². The van der Waals surface area contributed by atoms with Crippen LogP contribution in [0.3, 0.4) is 0 Å². The molecular formula is C10H14BrNO. The fourth-order valence-corrected chi connectivity index (χ4v) is 1.51. The molecule has 1 rings (SSSR count). The van der Waals surface area contributed by atoms with Crippen LogP contribution >= 0.6 is 15.9 Å². The van der Waals surface area contributed by atoms with E-state index >= 15 is 0 Å². The first-order valence-electron chi connectivity index (χ1n) is 4.26. The lowest BCUT2D eigenvalue weighted by Crippen LogP contribution is -2.16. The Morgan fingerprint density at radius 1 is 1.38 bits per heavy atom. The quantitative estimate of drug-likeness (QED) is 0.840. The first-order valence-corrected chi connectivity index (χ1v) is 5.05. The van der Waals surface area contributed by atoms with Crippen molar-refractivity contribution in [3.05, 3.63) is 28.2 Å². The van der Waals surface area contributed by atoms with Crippen LogP contribution in [0, 0.1) is 5.92 Å². The van der Waals surface area contributed by atoms with Gasteiger partial charge >= 0.3 is 0 Å². The maximum Gasteiger partial charge on any atom is 0.129 e. The molecule has 0 spiro atoms. The molecular weight excluding hydrogens is 230 g/mol. The molecule has 0 aliphatic carbocycles. The zero-order chi connectivity index (χ0) is 10.0. The van der Waals surface area contributed by atoms with Gasteiger partial charge in [0.05, 0.1) is 4.47 Å². The number of nitrogens with two attached hydrogens (primary N) is 1. The van der Waals surface area contributed by atoms with E-state index in [-0.39, 0.29) is 11.8 Å². The van der Waals surface area contributed by atoms with Gasteiger partial charge in [-0.2, -0.15) is 0 Å². The average molecular weight is 244 g/mol. The van der Waals surface area contributed by atoms with Gasteiger partial charge < -0.3 is 10.8 Å². The van der Waals surface area contributed by atoms with Crippen molar-refractivity contribution in [2.24, 2.45) is 11.7 Å². The van der Waals surface area contributed by atoms with E-state index in [1.807, 2.05) is 12.1 Å². The number of phenols is 1. The highest BCUT2D eigenvalue weighted by molar-refractivity contribution is 9.10. The smallest absolute Gasteiger partial charge is 0.129 e. The number of halogens is 1. The Labute approximate surface area is 86.9 Å². The van der Waals surface area contributed by atoms with Crippen LogP contribution in [0.15, 0.2) is 22.7 Å². The Morgan fingerprint density at radius 2 is 2.00 bits per heavy atom. The summed E-state index contributed by atoms with van der Waals surface area (Å²) < 4.78 is 0.695. The minimum atomic E-state index is 0.0249. The standard InChI is InChI=1S/C10H14BrNO/c1-6(2)10(12)7-3-4-9(13)8(11)5-7/h3-6,10,13H,12H2,1-2H3. The molecule has 0 aliphatic rings. The number of aromatic hydroxyl groups is 1. The van der Waals surface area contributed by atoms with Crippen LogP contribution in [-0.2, 0) is 0 Å². The van der Waals surface area contributed by atoms with Crippen LogP contribution < -0.4 is 5.73 Å². The maximum absolute atomic E-state index is 9.28. The number of rotatable bonds is 2. The summed E-state index contributed by atoms with van der Waals surface area (Å²) in [5.74, 6) is 0.649. The lowest BCUT2D eigenvalue weighted by Gasteiger charge is -2.16. The lowest BCUT2D eigenvalue weighted by molar-refractivity contribution is 0.469. The van der Waals surface area contributed by atoms with Gasteiger partial charge in [-0.1, -0.05) is 19.9 Å². The summed E-state index contributed by atoms with van der Waals surface area (Å²) >= 11 is 3.26. The monoisotopic (exact) mass is 243 g/mol. The molecule has 0 saturated heterocycles. The van der Waals surface area contributed by atoms with E-state index in [2.05, 4.69) is 29.8 Å². The number of hydrogen-bond donors (Lipinski definition) is 2. The van der Waals surface area contributed by atoms with Crippen molar-refractivity contribution >= 4 is 15.9 Å². The van der Waals surface area contributed by atoms with E-state index in [1.54, 1.807) is 6.07 Å². The lowest BCUT2D eigenvalue weighted by atomic mass is 9.97. The van der Waals surface area contributed by atoms with Crippen molar-refractivity contribution in [3.8, 4) is 5.75 Å². The summed E-state index contributed by atoms with van der Waals surface area (Å²) in [5.41, 5.74) is 7.00. The summed E-state index contributed by atoms with van der Waals surface area (Å²) in [6.07, 6.45) is 0. The van der Waals surface area contributed by atoms with Gasteiger partial charge in [0, 0.05) is 6.04 Å². The fourth-order valence-electron chi connectivity index (χ4n) is 1.12. The Kier molecular flexibility index (Phi) is 3.33. The van der Waals surface area contributed by atoms with E-state index in [0.717, 1.165) is 5.56 Å². The van der Waals surface area contributed by atoms with Crippen LogP contribution in [0.25, 0.3) is 0 Å². The van der Waals surface area contributed by atoms with E-state index in [4.69, 9.17) is 5.73 Å². The highest BCUT2D eigenvalue weighted by Gasteiger charge is 2.11. The summed E-state index contributed by atoms with van der Waals surface area (Å²) in [6.45, 7) is 4.15. The molecule has 0 fully saturated rings. The second kappa shape index (κ2) is 4.11. The van der Waals surface area contributed by atoms with Gasteiger partial charge in [-0.05, 0) is 39.5 Å². The maximum atomic E-state index is 9.28. The van der Waals surface area contributed by atoms with Crippen molar-refractivity contribution < 1.29 is 5.11 Å². The molecule has 13 heavy (non-hydrogen) atoms. The van der Waals surface area contributed by atoms with Crippen LogP contribution in [0.2, 0.25) is 0 Å². The normalized spacial score (nSPS) is 13.3. The first kappa shape index (κ1) is 10.5. The summed E-state index contributed by atoms with van der Waals surface area (Å²) in [5, 5.41) is 9.28. The molecule has 0 aliphatic heterocycles. The molecule has 3 heteroatoms. The molecule has 1 unspecified atom stereocenters. The highest BCUT2D eigenvalue weighted by atomic mass is 79.9. The zero-order valence-corrected chi connectivity index (χ0v) is 9.38. The Balaban J connectivity index is 2.97. The van der Waals surface area contributed by atoms with Gasteiger partial charge in [0.1, 0.15) is 5.75 Å². The average Bonchev–Trinajstić information content (AvgIpc) is 2.08. The third-order valence-electron chi connectivity index (χ3n) is 2.07. The molecule has 1 aromatic carbocycles. The molecule has 1 aromatic rings. The molecule has 2 nitrogen and oxygen atoms in total. The molecule has 0 bridgehead atoms. The Morgan fingerprint density at radius 3 is 2.46 bits per heavy atom. The van der Waals surface area contributed by atoms with E-state index in [0.29, 0.717) is 10.4 Å². The molecule has 0 radical (unpaired) electrons. The number of phenolic OH excluding ortho intramolecular Hbond substituents is 1. The van der Waals surface area contributed by atoms with Gasteiger partial charge in [-0.25, -0.2) is 0 Å². The number of hydrogen-bond acceptors (Lipinski definition) is 2. The largest absolute Gasteiger partial charge is 0.507 e. The second-order valence-corrected chi connectivity index (χ2v) is 4.33. The van der Waals surface area contributed by atoms with Crippen molar-refractivity contribution in [1.82, 2.24) is 0 Å². The molecule has 0 heterocycles. The Hall–Kier alpha value is -0.540. The summed E-state index contributed by atoms with van der Waals surface area (Å²) in [7, 11) is 0. The fraction of sp³-hybridized carbons (Fsp3) is 0.400. The summed E-state index contributed by atoms with van der Waals surface area (Å²) in [4.78, 5) is 0. The molecule has 0 amide bonds. The van der Waals surface area contributed by atoms with Crippen molar-refractivity contribution in [2.75, 3.05) is 0 Å². The van der Waals surface area contributed by atoms with Gasteiger partial charge in [0.2, 0.25) is 0 Å². The van der Waals surface area contributed by atoms with E-state index in [9.17, 15) is 5.11 Å². The van der Waals surface area contributed by atoms with Gasteiger partial charge in [-0.3, -0.25) is 0 Å². The highest BCUT2D eigenvalue weighted by Crippen LogP contribution is 2.28. The Bertz CT molecular complexity index is 299. The predicted octanol–water partition coefficient (Wildman–Crippen LogP) is 2.81. The predicted molar refractivity (Wildman–Crippen MR) is 57.6 cm³/mol. The SMILES string of the molecule is CC(C)C(N)c1ccc(O)c(Br)c1. The second-order valence-electron chi connectivity index (χ2n) is 3.48. The molecule has 0 aromatic heterocycles. The van der Waals surface area contributed by atoms with E-state index < -0.39 is 0 Å².